The molecule has 2 rings (SSSR count). The maximum absolute atomic E-state index is 12.3. The molecule has 1 saturated heterocycles. The van der Waals surface area contributed by atoms with Crippen LogP contribution in [0.15, 0.2) is 36.9 Å². The fraction of sp³-hybridized carbons (Fsp3) is 0.400. The van der Waals surface area contributed by atoms with Gasteiger partial charge in [-0.1, -0.05) is 18.7 Å². The molecule has 1 fully saturated rings. The second-order valence-corrected chi connectivity index (χ2v) is 5.97. The molecule has 140 valence electrons. The Morgan fingerprint density at radius 2 is 1.96 bits per heavy atom. The van der Waals surface area contributed by atoms with Crippen molar-refractivity contribution in [2.45, 2.75) is 12.8 Å². The van der Waals surface area contributed by atoms with E-state index in [-0.39, 0.29) is 17.8 Å². The molecular weight excluding hydrogens is 334 g/mol. The summed E-state index contributed by atoms with van der Waals surface area (Å²) in [6, 6.07) is 5.47. The van der Waals surface area contributed by atoms with Crippen LogP contribution in [0, 0.1) is 5.92 Å². The molecule has 6 heteroatoms. The number of ether oxygens (including phenoxy) is 3. The molecule has 1 aromatic rings. The lowest BCUT2D eigenvalue weighted by molar-refractivity contribution is -0.148. The second kappa shape index (κ2) is 9.65. The number of methoxy groups -OCH3 is 2. The van der Waals surface area contributed by atoms with Crippen molar-refractivity contribution >= 4 is 18.0 Å². The van der Waals surface area contributed by atoms with E-state index in [1.165, 1.54) is 13.2 Å². The highest BCUT2D eigenvalue weighted by Gasteiger charge is 2.26. The minimum absolute atomic E-state index is 0.0701. The van der Waals surface area contributed by atoms with Gasteiger partial charge < -0.3 is 19.1 Å². The number of piperidine rings is 1. The van der Waals surface area contributed by atoms with Crippen molar-refractivity contribution in [3.8, 4) is 11.5 Å². The Morgan fingerprint density at radius 3 is 2.58 bits per heavy atom. The standard InChI is InChI=1S/C20H25NO5/c1-4-13-26-17-7-5-15(14-18(17)24-2)6-8-19(22)21-11-9-16(10-12-21)20(23)25-3/h4-8,14,16H,1,9-13H2,2-3H3. The number of esters is 1. The second-order valence-electron chi connectivity index (χ2n) is 5.97. The van der Waals surface area contributed by atoms with Crippen molar-refractivity contribution in [3.05, 3.63) is 42.5 Å². The zero-order valence-electron chi connectivity index (χ0n) is 15.3. The Bertz CT molecular complexity index is 675. The topological polar surface area (TPSA) is 65.1 Å². The van der Waals surface area contributed by atoms with E-state index in [0.717, 1.165) is 5.56 Å². The van der Waals surface area contributed by atoms with Crippen LogP contribution >= 0.6 is 0 Å². The van der Waals surface area contributed by atoms with E-state index >= 15 is 0 Å². The van der Waals surface area contributed by atoms with Crippen LogP contribution in [0.3, 0.4) is 0 Å². The van der Waals surface area contributed by atoms with E-state index < -0.39 is 0 Å². The Morgan fingerprint density at radius 1 is 1.23 bits per heavy atom. The number of benzene rings is 1. The predicted octanol–water partition coefficient (Wildman–Crippen LogP) is 2.68. The van der Waals surface area contributed by atoms with Gasteiger partial charge in [0.1, 0.15) is 6.61 Å². The highest BCUT2D eigenvalue weighted by atomic mass is 16.5. The molecule has 0 N–H and O–H groups in total. The van der Waals surface area contributed by atoms with Crippen molar-refractivity contribution < 1.29 is 23.8 Å². The summed E-state index contributed by atoms with van der Waals surface area (Å²) in [5.41, 5.74) is 0.839. The Labute approximate surface area is 154 Å². The van der Waals surface area contributed by atoms with Crippen LogP contribution in [0.2, 0.25) is 0 Å². The maximum Gasteiger partial charge on any atom is 0.308 e. The molecule has 1 amide bonds. The molecule has 0 atom stereocenters. The summed E-state index contributed by atoms with van der Waals surface area (Å²) in [6.07, 6.45) is 6.21. The van der Waals surface area contributed by atoms with Gasteiger partial charge in [-0.25, -0.2) is 0 Å². The molecular formula is C20H25NO5. The van der Waals surface area contributed by atoms with Gasteiger partial charge in [0.05, 0.1) is 20.1 Å². The molecule has 0 bridgehead atoms. The third-order valence-corrected chi connectivity index (χ3v) is 4.30. The molecule has 6 nitrogen and oxygen atoms in total. The van der Waals surface area contributed by atoms with Crippen molar-refractivity contribution in [3.63, 3.8) is 0 Å². The van der Waals surface area contributed by atoms with E-state index in [0.29, 0.717) is 44.0 Å². The first kappa shape index (κ1) is 19.6. The molecule has 0 unspecified atom stereocenters. The van der Waals surface area contributed by atoms with Crippen LogP contribution in [0.25, 0.3) is 6.08 Å². The smallest absolute Gasteiger partial charge is 0.308 e. The largest absolute Gasteiger partial charge is 0.493 e. The van der Waals surface area contributed by atoms with Gasteiger partial charge in [0.15, 0.2) is 11.5 Å². The average molecular weight is 359 g/mol. The molecule has 1 aliphatic heterocycles. The summed E-state index contributed by atoms with van der Waals surface area (Å²) in [4.78, 5) is 25.6. The van der Waals surface area contributed by atoms with Gasteiger partial charge in [-0.2, -0.15) is 0 Å². The third kappa shape index (κ3) is 5.12. The number of hydrogen-bond acceptors (Lipinski definition) is 5. The van der Waals surface area contributed by atoms with Gasteiger partial charge >= 0.3 is 5.97 Å². The van der Waals surface area contributed by atoms with Crippen LogP contribution in [-0.4, -0.2) is 50.7 Å². The third-order valence-electron chi connectivity index (χ3n) is 4.30. The van der Waals surface area contributed by atoms with Crippen LogP contribution in [0.5, 0.6) is 11.5 Å². The van der Waals surface area contributed by atoms with Gasteiger partial charge in [-0.05, 0) is 36.6 Å². The molecule has 1 aromatic carbocycles. The molecule has 0 aromatic heterocycles. The molecule has 0 radical (unpaired) electrons. The van der Waals surface area contributed by atoms with Crippen LogP contribution < -0.4 is 9.47 Å². The molecule has 26 heavy (non-hydrogen) atoms. The lowest BCUT2D eigenvalue weighted by Crippen LogP contribution is -2.39. The Kier molecular flexibility index (Phi) is 7.26. The lowest BCUT2D eigenvalue weighted by Gasteiger charge is -2.29. The van der Waals surface area contributed by atoms with Gasteiger partial charge in [-0.15, -0.1) is 0 Å². The van der Waals surface area contributed by atoms with E-state index in [9.17, 15) is 9.59 Å². The van der Waals surface area contributed by atoms with Gasteiger partial charge in [-0.3, -0.25) is 9.59 Å². The summed E-state index contributed by atoms with van der Waals surface area (Å²) >= 11 is 0. The number of rotatable bonds is 7. The van der Waals surface area contributed by atoms with Crippen molar-refractivity contribution in [1.29, 1.82) is 0 Å². The number of nitrogens with zero attached hydrogens (tertiary/aromatic N) is 1. The molecule has 0 saturated carbocycles. The Balaban J connectivity index is 1.95. The fourth-order valence-corrected chi connectivity index (χ4v) is 2.83. The molecule has 0 aliphatic carbocycles. The number of carbonyl (C=O) groups is 2. The first-order chi connectivity index (χ1) is 12.6. The summed E-state index contributed by atoms with van der Waals surface area (Å²) in [6.45, 7) is 5.12. The fourth-order valence-electron chi connectivity index (χ4n) is 2.83. The van der Waals surface area contributed by atoms with Gasteiger partial charge in [0.25, 0.3) is 0 Å². The number of likely N-dealkylation sites (tertiary alicyclic amines) is 1. The van der Waals surface area contributed by atoms with E-state index in [1.54, 1.807) is 30.2 Å². The van der Waals surface area contributed by atoms with Crippen molar-refractivity contribution in [1.82, 2.24) is 4.90 Å². The predicted molar refractivity (Wildman–Crippen MR) is 99.0 cm³/mol. The van der Waals surface area contributed by atoms with E-state index in [2.05, 4.69) is 6.58 Å². The normalized spacial score (nSPS) is 14.9. The quantitative estimate of drug-likeness (QED) is 0.425. The number of carbonyl (C=O) groups excluding carboxylic acids is 2. The maximum atomic E-state index is 12.3. The number of hydrogen-bond donors (Lipinski definition) is 0. The van der Waals surface area contributed by atoms with Crippen LogP contribution in [-0.2, 0) is 14.3 Å². The minimum atomic E-state index is -0.196. The number of amides is 1. The van der Waals surface area contributed by atoms with Crippen LogP contribution in [0.4, 0.5) is 0 Å². The first-order valence-electron chi connectivity index (χ1n) is 8.55. The summed E-state index contributed by atoms with van der Waals surface area (Å²) in [7, 11) is 2.96. The highest BCUT2D eigenvalue weighted by molar-refractivity contribution is 5.92. The monoisotopic (exact) mass is 359 g/mol. The highest BCUT2D eigenvalue weighted by Crippen LogP contribution is 2.28. The Hall–Kier alpha value is -2.76. The SMILES string of the molecule is C=CCOc1ccc(C=CC(=O)N2CCC(C(=O)OC)CC2)cc1OC. The summed E-state index contributed by atoms with van der Waals surface area (Å²) < 4.78 is 15.6. The lowest BCUT2D eigenvalue weighted by atomic mass is 9.97. The van der Waals surface area contributed by atoms with E-state index in [4.69, 9.17) is 14.2 Å². The van der Waals surface area contributed by atoms with Crippen molar-refractivity contribution in [2.75, 3.05) is 33.9 Å². The summed E-state index contributed by atoms with van der Waals surface area (Å²) in [5, 5.41) is 0. The minimum Gasteiger partial charge on any atom is -0.493 e. The van der Waals surface area contributed by atoms with E-state index in [1.807, 2.05) is 12.1 Å². The first-order valence-corrected chi connectivity index (χ1v) is 8.55. The van der Waals surface area contributed by atoms with Crippen molar-refractivity contribution in [2.24, 2.45) is 5.92 Å². The molecule has 1 aliphatic rings. The average Bonchev–Trinajstić information content (AvgIpc) is 2.70. The van der Waals surface area contributed by atoms with Gasteiger partial charge in [0, 0.05) is 19.2 Å². The summed E-state index contributed by atoms with van der Waals surface area (Å²) in [5.74, 6) is 0.847. The van der Waals surface area contributed by atoms with Crippen LogP contribution in [0.1, 0.15) is 18.4 Å². The zero-order chi connectivity index (χ0) is 18.9. The zero-order valence-corrected chi connectivity index (χ0v) is 15.3. The van der Waals surface area contributed by atoms with Gasteiger partial charge in [0.2, 0.25) is 5.91 Å². The molecule has 1 heterocycles. The molecule has 0 spiro atoms.